The number of amides is 1. The van der Waals surface area contributed by atoms with Crippen molar-refractivity contribution in [3.8, 4) is 0 Å². The zero-order valence-electron chi connectivity index (χ0n) is 53.8. The molecule has 0 heterocycles. The quantitative estimate of drug-likeness (QED) is 0.0212. The van der Waals surface area contributed by atoms with Crippen LogP contribution < -0.4 is 10.2 Å². The molecule has 0 fully saturated rings. The molecular formula is C73H123N2O7P. The highest BCUT2D eigenvalue weighted by atomic mass is 31.2. The fourth-order valence-electron chi connectivity index (χ4n) is 8.73. The van der Waals surface area contributed by atoms with E-state index >= 15 is 0 Å². The SMILES string of the molecule is CC/C=C\C/C=C\C/C=C\C/C=C\C/C=C\C/C=C\CCCCCCC(=O)NC(COP(=O)([O-])OCC[N+](C)(C)C)C(/C=C/CCCCCCCCCCCCC)OC(=O)CCCCCCC/C=C\C/C=C\C/C=C\C/C=C\C/C=C\CC. The molecule has 3 unspecified atom stereocenters. The van der Waals surface area contributed by atoms with Gasteiger partial charge in [0.25, 0.3) is 7.82 Å². The fourth-order valence-corrected chi connectivity index (χ4v) is 9.45. The molecule has 10 heteroatoms. The van der Waals surface area contributed by atoms with Gasteiger partial charge in [-0.1, -0.05) is 257 Å². The van der Waals surface area contributed by atoms with Gasteiger partial charge in [0.15, 0.2) is 0 Å². The number of carbonyl (C=O) groups excluding carboxylic acids is 2. The van der Waals surface area contributed by atoms with Crippen molar-refractivity contribution in [1.82, 2.24) is 5.32 Å². The molecule has 0 rings (SSSR count). The molecule has 9 nitrogen and oxygen atoms in total. The number of likely N-dealkylation sites (N-methyl/N-ethyl adjacent to an activating group) is 1. The van der Waals surface area contributed by atoms with Crippen molar-refractivity contribution >= 4 is 19.7 Å². The lowest BCUT2D eigenvalue weighted by Gasteiger charge is -2.30. The lowest BCUT2D eigenvalue weighted by atomic mass is 10.0. The highest BCUT2D eigenvalue weighted by molar-refractivity contribution is 7.45. The molecule has 1 amide bonds. The number of hydrogen-bond donors (Lipinski definition) is 1. The van der Waals surface area contributed by atoms with Crippen LogP contribution in [0.4, 0.5) is 0 Å². The fraction of sp³-hybridized carbons (Fsp3) is 0.644. The number of phosphoric acid groups is 1. The highest BCUT2D eigenvalue weighted by Crippen LogP contribution is 2.38. The van der Waals surface area contributed by atoms with Crippen LogP contribution in [0.15, 0.2) is 146 Å². The molecule has 0 aromatic carbocycles. The summed E-state index contributed by atoms with van der Waals surface area (Å²) in [4.78, 5) is 40.1. The maximum Gasteiger partial charge on any atom is 0.306 e. The van der Waals surface area contributed by atoms with Crippen molar-refractivity contribution in [2.75, 3.05) is 40.9 Å². The van der Waals surface area contributed by atoms with E-state index in [0.29, 0.717) is 23.9 Å². The van der Waals surface area contributed by atoms with Gasteiger partial charge in [0, 0.05) is 12.8 Å². The lowest BCUT2D eigenvalue weighted by Crippen LogP contribution is -2.47. The van der Waals surface area contributed by atoms with Crippen LogP contribution in [0, 0.1) is 0 Å². The lowest BCUT2D eigenvalue weighted by molar-refractivity contribution is -0.870. The molecule has 0 aromatic heterocycles. The first kappa shape index (κ1) is 78.9. The van der Waals surface area contributed by atoms with Crippen molar-refractivity contribution in [2.24, 2.45) is 0 Å². The van der Waals surface area contributed by atoms with Gasteiger partial charge in [0.2, 0.25) is 5.91 Å². The average molecular weight is 1170 g/mol. The van der Waals surface area contributed by atoms with Crippen LogP contribution in [0.5, 0.6) is 0 Å². The van der Waals surface area contributed by atoms with Gasteiger partial charge in [-0.3, -0.25) is 14.2 Å². The third kappa shape index (κ3) is 62.2. The van der Waals surface area contributed by atoms with Crippen molar-refractivity contribution in [3.05, 3.63) is 146 Å². The third-order valence-electron chi connectivity index (χ3n) is 13.8. The summed E-state index contributed by atoms with van der Waals surface area (Å²) in [7, 11) is 1.13. The van der Waals surface area contributed by atoms with Crippen molar-refractivity contribution < 1.29 is 37.3 Å². The van der Waals surface area contributed by atoms with Crippen LogP contribution in [0.25, 0.3) is 0 Å². The van der Waals surface area contributed by atoms with Gasteiger partial charge < -0.3 is 28.5 Å². The number of phosphoric ester groups is 1. The molecule has 0 aromatic rings. The predicted molar refractivity (Wildman–Crippen MR) is 357 cm³/mol. The summed E-state index contributed by atoms with van der Waals surface area (Å²) in [5, 5.41) is 3.01. The summed E-state index contributed by atoms with van der Waals surface area (Å²) in [6, 6.07) is -0.923. The molecule has 472 valence electrons. The maximum atomic E-state index is 13.6. The second kappa shape index (κ2) is 61.0. The van der Waals surface area contributed by atoms with Crippen molar-refractivity contribution in [3.63, 3.8) is 0 Å². The number of rotatable bonds is 58. The molecule has 0 aliphatic carbocycles. The normalized spacial score (nSPS) is 14.5. The number of quaternary nitrogens is 1. The number of unbranched alkanes of at least 4 members (excludes halogenated alkanes) is 20. The average Bonchev–Trinajstić information content (AvgIpc) is 3.46. The van der Waals surface area contributed by atoms with E-state index in [4.69, 9.17) is 13.8 Å². The van der Waals surface area contributed by atoms with Crippen LogP contribution >= 0.6 is 7.82 Å². The van der Waals surface area contributed by atoms with E-state index in [2.05, 4.69) is 160 Å². The molecule has 0 aliphatic rings. The first-order valence-electron chi connectivity index (χ1n) is 33.1. The van der Waals surface area contributed by atoms with E-state index in [1.807, 2.05) is 33.3 Å². The zero-order chi connectivity index (χ0) is 60.7. The predicted octanol–water partition coefficient (Wildman–Crippen LogP) is 20.4. The van der Waals surface area contributed by atoms with E-state index in [1.165, 1.54) is 57.8 Å². The monoisotopic (exact) mass is 1170 g/mol. The minimum absolute atomic E-state index is 0.0396. The number of ether oxygens (including phenoxy) is 1. The van der Waals surface area contributed by atoms with Crippen molar-refractivity contribution in [2.45, 2.75) is 264 Å². The van der Waals surface area contributed by atoms with Gasteiger partial charge in [-0.25, -0.2) is 0 Å². The minimum Gasteiger partial charge on any atom is -0.756 e. The topological polar surface area (TPSA) is 114 Å². The maximum absolute atomic E-state index is 13.6. The molecule has 0 aliphatic heterocycles. The Bertz CT molecular complexity index is 1930. The molecular weight excluding hydrogens is 1050 g/mol. The summed E-state index contributed by atoms with van der Waals surface area (Å²) in [6.07, 6.45) is 88.1. The summed E-state index contributed by atoms with van der Waals surface area (Å²) in [5.41, 5.74) is 0. The first-order chi connectivity index (χ1) is 40.4. The van der Waals surface area contributed by atoms with Gasteiger partial charge in [-0.05, 0) is 128 Å². The Morgan fingerprint density at radius 1 is 0.434 bits per heavy atom. The van der Waals surface area contributed by atoms with Crippen LogP contribution in [0.2, 0.25) is 0 Å². The van der Waals surface area contributed by atoms with Gasteiger partial charge in [0.1, 0.15) is 19.3 Å². The Morgan fingerprint density at radius 2 is 0.771 bits per heavy atom. The Morgan fingerprint density at radius 3 is 1.16 bits per heavy atom. The first-order valence-corrected chi connectivity index (χ1v) is 34.6. The molecule has 1 N–H and O–H groups in total. The van der Waals surface area contributed by atoms with E-state index in [-0.39, 0.29) is 31.3 Å². The van der Waals surface area contributed by atoms with Gasteiger partial charge in [-0.2, -0.15) is 0 Å². The Labute approximate surface area is 510 Å². The second-order valence-electron chi connectivity index (χ2n) is 22.9. The number of nitrogens with one attached hydrogen (secondary N) is 1. The standard InChI is InChI=1S/C73H123N2O7P/c1-7-10-13-16-19-22-25-28-30-32-34-36-37-39-40-42-44-47-50-53-56-59-62-65-72(76)74-70(69-81-83(78,79)80-68-67-75(4,5)6)71(64-61-58-55-52-49-46-27-24-21-18-15-12-9-3)82-73(77)66-63-60-57-54-51-48-45-43-41-38-35-33-31-29-26-23-20-17-14-11-8-2/h10-11,13-14,19-20,22-23,28-31,34-36,38-40,43-45,47,61,64,70-71H,7-9,12,15-18,21,24-27,32-33,37,41-42,46,48-60,62-63,65-69H2,1-6H3,(H-,74,76,78,79)/b13-10-,14-11-,22-19-,23-20-,30-28-,31-29-,36-34-,38-35-,40-39-,45-43-,47-44-,64-61+. The molecule has 0 saturated carbocycles. The van der Waals surface area contributed by atoms with E-state index < -0.39 is 26.6 Å². The zero-order valence-corrected chi connectivity index (χ0v) is 54.7. The second-order valence-corrected chi connectivity index (χ2v) is 24.3. The molecule has 3 atom stereocenters. The number of nitrogens with zero attached hydrogens (tertiary/aromatic N) is 1. The molecule has 0 saturated heterocycles. The number of hydrogen-bond acceptors (Lipinski definition) is 7. The molecule has 0 radical (unpaired) electrons. The number of carbonyl (C=O) groups is 2. The van der Waals surface area contributed by atoms with Gasteiger partial charge in [-0.15, -0.1) is 0 Å². The smallest absolute Gasteiger partial charge is 0.306 e. The molecule has 83 heavy (non-hydrogen) atoms. The minimum atomic E-state index is -4.73. The van der Waals surface area contributed by atoms with Crippen LogP contribution in [-0.2, 0) is 27.9 Å². The Balaban J connectivity index is 5.33. The van der Waals surface area contributed by atoms with Gasteiger partial charge >= 0.3 is 5.97 Å². The molecule has 0 bridgehead atoms. The van der Waals surface area contributed by atoms with Crippen LogP contribution in [0.1, 0.15) is 252 Å². The summed E-state index contributed by atoms with van der Waals surface area (Å²) < 4.78 is 30.4. The van der Waals surface area contributed by atoms with Crippen LogP contribution in [-0.4, -0.2) is 69.4 Å². The van der Waals surface area contributed by atoms with Crippen LogP contribution in [0.3, 0.4) is 0 Å². The molecule has 0 spiro atoms. The summed E-state index contributed by atoms with van der Waals surface area (Å²) >= 11 is 0. The largest absolute Gasteiger partial charge is 0.756 e. The third-order valence-corrected chi connectivity index (χ3v) is 14.7. The highest BCUT2D eigenvalue weighted by Gasteiger charge is 2.27. The van der Waals surface area contributed by atoms with E-state index in [1.54, 1.807) is 0 Å². The Kier molecular flexibility index (Phi) is 58.0. The summed E-state index contributed by atoms with van der Waals surface area (Å²) in [5.74, 6) is -0.601. The van der Waals surface area contributed by atoms with Crippen molar-refractivity contribution in [1.29, 1.82) is 0 Å². The number of allylic oxidation sites excluding steroid dienone is 23. The summed E-state index contributed by atoms with van der Waals surface area (Å²) in [6.45, 7) is 6.57. The van der Waals surface area contributed by atoms with Gasteiger partial charge in [0.05, 0.1) is 33.8 Å². The number of esters is 1. The Hall–Kier alpha value is -4.11. The van der Waals surface area contributed by atoms with E-state index in [9.17, 15) is 19.0 Å². The van der Waals surface area contributed by atoms with E-state index in [0.717, 1.165) is 148 Å².